The number of nitrogens with zero attached hydrogens (tertiary/aromatic N) is 2. The van der Waals surface area contributed by atoms with Crippen molar-refractivity contribution in [3.63, 3.8) is 0 Å². The normalized spacial score (nSPS) is 12.7. The summed E-state index contributed by atoms with van der Waals surface area (Å²) < 4.78 is 17.5. The van der Waals surface area contributed by atoms with E-state index in [-0.39, 0.29) is 18.5 Å². The van der Waals surface area contributed by atoms with Crippen LogP contribution < -0.4 is 0 Å². The van der Waals surface area contributed by atoms with Gasteiger partial charge in [-0.3, -0.25) is 14.5 Å². The van der Waals surface area contributed by atoms with Gasteiger partial charge in [0.25, 0.3) is 0 Å². The van der Waals surface area contributed by atoms with E-state index in [1.165, 1.54) is 193 Å². The van der Waals surface area contributed by atoms with Gasteiger partial charge in [0.05, 0.1) is 33.0 Å². The van der Waals surface area contributed by atoms with E-state index in [1.807, 2.05) is 0 Å². The summed E-state index contributed by atoms with van der Waals surface area (Å²) in [4.78, 5) is 31.0. The summed E-state index contributed by atoms with van der Waals surface area (Å²) in [6.07, 6.45) is 45.5. The second-order valence-corrected chi connectivity index (χ2v) is 20.3. The number of aliphatic hydroxyl groups excluding tert-OH is 1. The Labute approximate surface area is 412 Å². The summed E-state index contributed by atoms with van der Waals surface area (Å²) in [7, 11) is 0. The molecule has 0 aliphatic carbocycles. The van der Waals surface area contributed by atoms with Crippen molar-refractivity contribution in [2.45, 2.75) is 279 Å². The van der Waals surface area contributed by atoms with E-state index >= 15 is 0 Å². The van der Waals surface area contributed by atoms with Crippen LogP contribution in [0.1, 0.15) is 279 Å². The van der Waals surface area contributed by atoms with Gasteiger partial charge in [0.1, 0.15) is 0 Å². The number of hydrogen-bond donors (Lipinski definition) is 1. The Balaban J connectivity index is 5.12. The lowest BCUT2D eigenvalue weighted by atomic mass is 9.95. The highest BCUT2D eigenvalue weighted by atomic mass is 16.5. The second kappa shape index (κ2) is 53.1. The molecule has 0 aromatic carbocycles. The largest absolute Gasteiger partial charge is 0.465 e. The van der Waals surface area contributed by atoms with Gasteiger partial charge in [-0.15, -0.1) is 0 Å². The van der Waals surface area contributed by atoms with E-state index in [2.05, 4.69) is 44.4 Å². The first-order valence-electron chi connectivity index (χ1n) is 29.4. The molecule has 0 aromatic rings. The number of hydrogen-bond acceptors (Lipinski definition) is 8. The molecule has 2 unspecified atom stereocenters. The highest BCUT2D eigenvalue weighted by molar-refractivity contribution is 5.69. The maximum Gasteiger partial charge on any atom is 0.305 e. The van der Waals surface area contributed by atoms with Crippen LogP contribution in [-0.4, -0.2) is 99.1 Å². The Morgan fingerprint density at radius 2 is 0.667 bits per heavy atom. The zero-order chi connectivity index (χ0) is 48.2. The SMILES string of the molecule is CCCCCCCCC(CCCCCC)COC(=O)CCCCCN(CCCCCC(=O)OCC(CCCCCC)CCCCCCCC)CCN(CCCCCCCC)CCOCCO. The quantitative estimate of drug-likeness (QED) is 0.0477. The Kier molecular flexibility index (Phi) is 52.2. The molecule has 0 aliphatic rings. The summed E-state index contributed by atoms with van der Waals surface area (Å²) in [6.45, 7) is 19.7. The molecule has 2 atom stereocenters. The molecule has 0 heterocycles. The summed E-state index contributed by atoms with van der Waals surface area (Å²) in [5.41, 5.74) is 0. The molecular weight excluding hydrogens is 821 g/mol. The van der Waals surface area contributed by atoms with Crippen molar-refractivity contribution >= 4 is 11.9 Å². The fraction of sp³-hybridized carbons (Fsp3) is 0.966. The van der Waals surface area contributed by atoms with Gasteiger partial charge in [-0.25, -0.2) is 0 Å². The average Bonchev–Trinajstić information content (AvgIpc) is 3.32. The Morgan fingerprint density at radius 1 is 0.364 bits per heavy atom. The first-order valence-corrected chi connectivity index (χ1v) is 29.4. The summed E-state index contributed by atoms with van der Waals surface area (Å²) in [6, 6.07) is 0. The molecule has 0 fully saturated rings. The minimum Gasteiger partial charge on any atom is -0.465 e. The van der Waals surface area contributed by atoms with E-state index in [0.29, 0.717) is 51.1 Å². The van der Waals surface area contributed by atoms with Crippen LogP contribution in [0.15, 0.2) is 0 Å². The van der Waals surface area contributed by atoms with E-state index in [0.717, 1.165) is 77.8 Å². The number of unbranched alkanes of at least 4 members (excludes halogenated alkanes) is 25. The van der Waals surface area contributed by atoms with Crippen molar-refractivity contribution in [2.75, 3.05) is 72.3 Å². The second-order valence-electron chi connectivity index (χ2n) is 20.3. The van der Waals surface area contributed by atoms with Crippen LogP contribution >= 0.6 is 0 Å². The van der Waals surface area contributed by atoms with Gasteiger partial charge in [-0.2, -0.15) is 0 Å². The first-order chi connectivity index (χ1) is 32.4. The average molecular weight is 938 g/mol. The summed E-state index contributed by atoms with van der Waals surface area (Å²) >= 11 is 0. The minimum absolute atomic E-state index is 0.0130. The fourth-order valence-electron chi connectivity index (χ4n) is 9.33. The Hall–Kier alpha value is -1.22. The zero-order valence-corrected chi connectivity index (χ0v) is 45.2. The zero-order valence-electron chi connectivity index (χ0n) is 45.2. The van der Waals surface area contributed by atoms with Crippen molar-refractivity contribution in [3.8, 4) is 0 Å². The molecule has 1 N–H and O–H groups in total. The van der Waals surface area contributed by atoms with Gasteiger partial charge < -0.3 is 24.2 Å². The molecule has 0 saturated heterocycles. The number of carbonyl (C=O) groups excluding carboxylic acids is 2. The predicted molar refractivity (Wildman–Crippen MR) is 283 cm³/mol. The first kappa shape index (κ1) is 64.8. The van der Waals surface area contributed by atoms with E-state index in [9.17, 15) is 14.7 Å². The monoisotopic (exact) mass is 937 g/mol. The van der Waals surface area contributed by atoms with Gasteiger partial charge in [-0.1, -0.05) is 208 Å². The minimum atomic E-state index is -0.0130. The maximum atomic E-state index is 12.9. The molecule has 8 heteroatoms. The number of carbonyl (C=O) groups is 2. The lowest BCUT2D eigenvalue weighted by Crippen LogP contribution is -2.38. The van der Waals surface area contributed by atoms with Crippen molar-refractivity contribution in [3.05, 3.63) is 0 Å². The lowest BCUT2D eigenvalue weighted by molar-refractivity contribution is -0.146. The molecule has 8 nitrogen and oxygen atoms in total. The number of esters is 2. The van der Waals surface area contributed by atoms with Gasteiger partial charge in [-0.05, 0) is 89.3 Å². The van der Waals surface area contributed by atoms with Crippen LogP contribution in [0, 0.1) is 11.8 Å². The van der Waals surface area contributed by atoms with E-state index in [1.54, 1.807) is 0 Å². The lowest BCUT2D eigenvalue weighted by Gasteiger charge is -2.28. The Bertz CT molecular complexity index is 925. The van der Waals surface area contributed by atoms with Crippen molar-refractivity contribution in [1.82, 2.24) is 9.80 Å². The van der Waals surface area contributed by atoms with Crippen molar-refractivity contribution in [1.29, 1.82) is 0 Å². The number of aliphatic hydroxyl groups is 1. The Morgan fingerprint density at radius 3 is 1.03 bits per heavy atom. The van der Waals surface area contributed by atoms with Crippen LogP contribution in [0.5, 0.6) is 0 Å². The molecule has 66 heavy (non-hydrogen) atoms. The molecule has 0 rings (SSSR count). The van der Waals surface area contributed by atoms with Crippen LogP contribution in [0.25, 0.3) is 0 Å². The number of rotatable bonds is 55. The molecule has 0 aliphatic heterocycles. The van der Waals surface area contributed by atoms with Crippen LogP contribution in [-0.2, 0) is 23.8 Å². The van der Waals surface area contributed by atoms with Crippen LogP contribution in [0.3, 0.4) is 0 Å². The number of ether oxygens (including phenoxy) is 3. The molecule has 0 spiro atoms. The van der Waals surface area contributed by atoms with Crippen LogP contribution in [0.2, 0.25) is 0 Å². The van der Waals surface area contributed by atoms with Gasteiger partial charge in [0.2, 0.25) is 0 Å². The fourth-order valence-corrected chi connectivity index (χ4v) is 9.33. The standard InChI is InChI=1S/C58H116N2O6/c1-6-11-16-21-24-31-40-55(38-29-19-14-9-4)53-65-57(62)42-33-27-36-44-59(47-48-60(49-51-64-52-50-61)46-35-26-23-18-13-8-3)45-37-28-34-43-58(63)66-54-56(39-30-20-15-10-5)41-32-25-22-17-12-7-2/h55-56,61H,6-54H2,1-5H3. The summed E-state index contributed by atoms with van der Waals surface area (Å²) in [5, 5.41) is 9.25. The van der Waals surface area contributed by atoms with Crippen molar-refractivity contribution < 1.29 is 28.9 Å². The third kappa shape index (κ3) is 46.5. The van der Waals surface area contributed by atoms with Gasteiger partial charge in [0, 0.05) is 32.5 Å². The highest BCUT2D eigenvalue weighted by Crippen LogP contribution is 2.22. The van der Waals surface area contributed by atoms with E-state index < -0.39 is 0 Å². The third-order valence-corrected chi connectivity index (χ3v) is 13.9. The molecule has 0 aromatic heterocycles. The van der Waals surface area contributed by atoms with E-state index in [4.69, 9.17) is 14.2 Å². The molecule has 0 saturated carbocycles. The van der Waals surface area contributed by atoms with Gasteiger partial charge in [0.15, 0.2) is 0 Å². The van der Waals surface area contributed by atoms with Crippen LogP contribution in [0.4, 0.5) is 0 Å². The molecule has 0 radical (unpaired) electrons. The predicted octanol–water partition coefficient (Wildman–Crippen LogP) is 15.8. The third-order valence-electron chi connectivity index (χ3n) is 13.9. The molecule has 394 valence electrons. The summed E-state index contributed by atoms with van der Waals surface area (Å²) in [5.74, 6) is 0.993. The molecular formula is C58H116N2O6. The smallest absolute Gasteiger partial charge is 0.305 e. The molecule has 0 amide bonds. The topological polar surface area (TPSA) is 88.5 Å². The highest BCUT2D eigenvalue weighted by Gasteiger charge is 2.15. The molecule has 0 bridgehead atoms. The van der Waals surface area contributed by atoms with Gasteiger partial charge >= 0.3 is 11.9 Å². The van der Waals surface area contributed by atoms with Crippen molar-refractivity contribution in [2.24, 2.45) is 11.8 Å². The maximum absolute atomic E-state index is 12.9.